The molecule has 5 heteroatoms. The molecule has 0 N–H and O–H groups in total. The molecular formula is C8H8BrFO2S. The molecule has 1 aromatic rings. The molecule has 0 spiro atoms. The molecule has 0 atom stereocenters. The summed E-state index contributed by atoms with van der Waals surface area (Å²) < 4.78 is 35.6. The maximum atomic E-state index is 13.0. The van der Waals surface area contributed by atoms with E-state index in [4.69, 9.17) is 0 Å². The lowest BCUT2D eigenvalue weighted by molar-refractivity contribution is 0.592. The molecule has 0 heterocycles. The van der Waals surface area contributed by atoms with Crippen molar-refractivity contribution in [2.24, 2.45) is 0 Å². The second kappa shape index (κ2) is 3.38. The number of benzene rings is 1. The van der Waals surface area contributed by atoms with Crippen LogP contribution in [0.4, 0.5) is 4.39 Å². The fraction of sp³-hybridized carbons (Fsp3) is 0.250. The van der Waals surface area contributed by atoms with Gasteiger partial charge in [0.15, 0.2) is 9.84 Å². The highest BCUT2D eigenvalue weighted by atomic mass is 79.9. The Balaban J connectivity index is 3.50. The van der Waals surface area contributed by atoms with Gasteiger partial charge in [0.25, 0.3) is 0 Å². The van der Waals surface area contributed by atoms with Crippen molar-refractivity contribution in [3.8, 4) is 0 Å². The van der Waals surface area contributed by atoms with Crippen LogP contribution in [-0.4, -0.2) is 14.7 Å². The summed E-state index contributed by atoms with van der Waals surface area (Å²) in [6.07, 6.45) is 1.04. The second-order valence-electron chi connectivity index (χ2n) is 2.80. The summed E-state index contributed by atoms with van der Waals surface area (Å²) in [5, 5.41) is 0. The van der Waals surface area contributed by atoms with Crippen LogP contribution in [0.15, 0.2) is 21.5 Å². The van der Waals surface area contributed by atoms with Gasteiger partial charge in [0.2, 0.25) is 0 Å². The summed E-state index contributed by atoms with van der Waals surface area (Å²) in [5.41, 5.74) is 0.416. The zero-order chi connectivity index (χ0) is 10.2. The summed E-state index contributed by atoms with van der Waals surface area (Å²) >= 11 is 3.07. The minimum atomic E-state index is -3.36. The zero-order valence-electron chi connectivity index (χ0n) is 7.14. The van der Waals surface area contributed by atoms with Gasteiger partial charge in [-0.05, 0) is 40.5 Å². The van der Waals surface area contributed by atoms with Crippen LogP contribution in [0.3, 0.4) is 0 Å². The third kappa shape index (κ3) is 2.28. The van der Waals surface area contributed by atoms with Gasteiger partial charge < -0.3 is 0 Å². The Hall–Kier alpha value is -0.420. The van der Waals surface area contributed by atoms with Crippen LogP contribution in [0.5, 0.6) is 0 Å². The van der Waals surface area contributed by atoms with Crippen molar-refractivity contribution >= 4 is 25.8 Å². The summed E-state index contributed by atoms with van der Waals surface area (Å²) in [6.45, 7) is 1.58. The van der Waals surface area contributed by atoms with Gasteiger partial charge in [-0.2, -0.15) is 0 Å². The number of hydrogen-bond donors (Lipinski definition) is 0. The molecule has 0 aliphatic rings. The average Bonchev–Trinajstić information content (AvgIpc) is 1.94. The van der Waals surface area contributed by atoms with Gasteiger partial charge in [-0.3, -0.25) is 0 Å². The van der Waals surface area contributed by atoms with Crippen LogP contribution in [0, 0.1) is 12.7 Å². The van der Waals surface area contributed by atoms with E-state index < -0.39 is 15.7 Å². The maximum Gasteiger partial charge on any atom is 0.176 e. The van der Waals surface area contributed by atoms with Crippen molar-refractivity contribution in [2.45, 2.75) is 11.8 Å². The Labute approximate surface area is 84.8 Å². The van der Waals surface area contributed by atoms with E-state index >= 15 is 0 Å². The predicted octanol–water partition coefficient (Wildman–Crippen LogP) is 2.30. The fourth-order valence-electron chi connectivity index (χ4n) is 0.912. The highest BCUT2D eigenvalue weighted by molar-refractivity contribution is 9.10. The molecule has 13 heavy (non-hydrogen) atoms. The minimum absolute atomic E-state index is 0.0180. The number of sulfone groups is 1. The maximum absolute atomic E-state index is 13.0. The second-order valence-corrected chi connectivity index (χ2v) is 5.64. The number of rotatable bonds is 1. The molecule has 0 aliphatic heterocycles. The van der Waals surface area contributed by atoms with Crippen LogP contribution in [-0.2, 0) is 9.84 Å². The van der Waals surface area contributed by atoms with Gasteiger partial charge in [-0.15, -0.1) is 0 Å². The molecule has 0 aromatic heterocycles. The molecule has 0 amide bonds. The number of halogens is 2. The Morgan fingerprint density at radius 2 is 1.92 bits per heavy atom. The number of hydrogen-bond acceptors (Lipinski definition) is 2. The van der Waals surface area contributed by atoms with Crippen LogP contribution in [0.25, 0.3) is 0 Å². The van der Waals surface area contributed by atoms with Gasteiger partial charge >= 0.3 is 0 Å². The van der Waals surface area contributed by atoms with Gasteiger partial charge in [0.05, 0.1) is 4.90 Å². The molecule has 2 nitrogen and oxygen atoms in total. The molecule has 0 saturated carbocycles. The summed E-state index contributed by atoms with van der Waals surface area (Å²) in [4.78, 5) is -0.0180. The Morgan fingerprint density at radius 1 is 1.38 bits per heavy atom. The lowest BCUT2D eigenvalue weighted by Gasteiger charge is -2.03. The third-order valence-electron chi connectivity index (χ3n) is 1.61. The van der Waals surface area contributed by atoms with Crippen molar-refractivity contribution in [1.29, 1.82) is 0 Å². The van der Waals surface area contributed by atoms with Crippen molar-refractivity contribution in [1.82, 2.24) is 0 Å². The quantitative estimate of drug-likeness (QED) is 0.782. The van der Waals surface area contributed by atoms with E-state index in [0.717, 1.165) is 12.3 Å². The Bertz CT molecular complexity index is 440. The van der Waals surface area contributed by atoms with Gasteiger partial charge in [-0.1, -0.05) is 0 Å². The first-order chi connectivity index (χ1) is 5.82. The Kier molecular flexibility index (Phi) is 2.77. The molecule has 0 bridgehead atoms. The predicted molar refractivity (Wildman–Crippen MR) is 51.9 cm³/mol. The summed E-state index contributed by atoms with van der Waals surface area (Å²) in [7, 11) is -3.36. The van der Waals surface area contributed by atoms with Gasteiger partial charge in [-0.25, -0.2) is 12.8 Å². The molecular weight excluding hydrogens is 259 g/mol. The highest BCUT2D eigenvalue weighted by Gasteiger charge is 2.14. The van der Waals surface area contributed by atoms with E-state index in [1.165, 1.54) is 6.07 Å². The molecule has 72 valence electrons. The smallest absolute Gasteiger partial charge is 0.176 e. The topological polar surface area (TPSA) is 34.1 Å². The van der Waals surface area contributed by atoms with Crippen molar-refractivity contribution in [3.05, 3.63) is 28.0 Å². The summed E-state index contributed by atoms with van der Waals surface area (Å²) in [5.74, 6) is -0.511. The molecule has 1 aromatic carbocycles. The first-order valence-electron chi connectivity index (χ1n) is 3.48. The molecule has 1 rings (SSSR count). The van der Waals surface area contributed by atoms with Crippen molar-refractivity contribution in [3.63, 3.8) is 0 Å². The summed E-state index contributed by atoms with van der Waals surface area (Å²) in [6, 6.07) is 2.47. The monoisotopic (exact) mass is 266 g/mol. The number of aryl methyl sites for hydroxylation is 1. The normalized spacial score (nSPS) is 11.7. The van der Waals surface area contributed by atoms with E-state index in [-0.39, 0.29) is 4.90 Å². The standard InChI is InChI=1S/C8H8BrFO2S/c1-5-3-6(9)8(4-7(5)10)13(2,11)12/h3-4H,1-2H3. The molecule has 0 unspecified atom stereocenters. The highest BCUT2D eigenvalue weighted by Crippen LogP contribution is 2.24. The third-order valence-corrected chi connectivity index (χ3v) is 3.67. The Morgan fingerprint density at radius 3 is 2.38 bits per heavy atom. The van der Waals surface area contributed by atoms with E-state index in [9.17, 15) is 12.8 Å². The van der Waals surface area contributed by atoms with E-state index in [0.29, 0.717) is 10.0 Å². The first kappa shape index (κ1) is 10.7. The lowest BCUT2D eigenvalue weighted by atomic mass is 10.2. The zero-order valence-corrected chi connectivity index (χ0v) is 9.54. The SMILES string of the molecule is Cc1cc(Br)c(S(C)(=O)=O)cc1F. The first-order valence-corrected chi connectivity index (χ1v) is 6.16. The van der Waals surface area contributed by atoms with Gasteiger partial charge in [0.1, 0.15) is 5.82 Å². The van der Waals surface area contributed by atoms with Crippen molar-refractivity contribution < 1.29 is 12.8 Å². The molecule has 0 radical (unpaired) electrons. The lowest BCUT2D eigenvalue weighted by Crippen LogP contribution is -2.00. The molecule has 0 fully saturated rings. The van der Waals surface area contributed by atoms with Crippen LogP contribution in [0.2, 0.25) is 0 Å². The molecule has 0 aliphatic carbocycles. The van der Waals surface area contributed by atoms with Crippen molar-refractivity contribution in [2.75, 3.05) is 6.26 Å². The molecule has 0 saturated heterocycles. The average molecular weight is 267 g/mol. The van der Waals surface area contributed by atoms with Gasteiger partial charge in [0, 0.05) is 10.7 Å². The van der Waals surface area contributed by atoms with Crippen LogP contribution < -0.4 is 0 Å². The fourth-order valence-corrected chi connectivity index (χ4v) is 2.98. The van der Waals surface area contributed by atoms with Crippen LogP contribution in [0.1, 0.15) is 5.56 Å². The minimum Gasteiger partial charge on any atom is -0.224 e. The van der Waals surface area contributed by atoms with E-state index in [2.05, 4.69) is 15.9 Å². The largest absolute Gasteiger partial charge is 0.224 e. The van der Waals surface area contributed by atoms with Crippen LogP contribution >= 0.6 is 15.9 Å². The van der Waals surface area contributed by atoms with E-state index in [1.54, 1.807) is 6.92 Å². The van der Waals surface area contributed by atoms with E-state index in [1.807, 2.05) is 0 Å².